The topological polar surface area (TPSA) is 17.1 Å². The van der Waals surface area contributed by atoms with E-state index in [0.29, 0.717) is 17.6 Å². The molecule has 0 aromatic heterocycles. The third-order valence-corrected chi connectivity index (χ3v) is 5.79. The first kappa shape index (κ1) is 12.7. The van der Waals surface area contributed by atoms with E-state index in [0.717, 1.165) is 12.0 Å². The van der Waals surface area contributed by atoms with Crippen LogP contribution < -0.4 is 0 Å². The van der Waals surface area contributed by atoms with Gasteiger partial charge in [0.05, 0.1) is 0 Å². The molecule has 1 heteroatoms. The van der Waals surface area contributed by atoms with Crippen LogP contribution in [0.5, 0.6) is 0 Å². The van der Waals surface area contributed by atoms with Gasteiger partial charge in [-0.3, -0.25) is 4.79 Å². The minimum Gasteiger partial charge on any atom is -0.294 e. The van der Waals surface area contributed by atoms with Gasteiger partial charge >= 0.3 is 0 Å². The van der Waals surface area contributed by atoms with E-state index in [1.54, 1.807) is 0 Å². The molecule has 0 heterocycles. The van der Waals surface area contributed by atoms with Gasteiger partial charge in [-0.15, -0.1) is 0 Å². The van der Waals surface area contributed by atoms with Gasteiger partial charge < -0.3 is 0 Å². The first-order chi connectivity index (χ1) is 8.95. The second-order valence-corrected chi connectivity index (χ2v) is 6.65. The van der Waals surface area contributed by atoms with Crippen molar-refractivity contribution >= 4 is 11.9 Å². The number of carbonyl (C=O) groups is 1. The zero-order valence-corrected chi connectivity index (χ0v) is 12.2. The van der Waals surface area contributed by atoms with Gasteiger partial charge in [0.1, 0.15) is 0 Å². The molecule has 0 bridgehead atoms. The number of rotatable bonds is 0. The average molecular weight is 254 g/mol. The average Bonchev–Trinajstić information content (AvgIpc) is 2.42. The van der Waals surface area contributed by atoms with Crippen molar-refractivity contribution in [2.24, 2.45) is 23.2 Å². The monoisotopic (exact) mass is 254 g/mol. The van der Waals surface area contributed by atoms with Gasteiger partial charge in [-0.2, -0.15) is 0 Å². The molecule has 1 aromatic carbocycles. The number of allylic oxidation sites excluding steroid dienone is 1. The molecular weight excluding hydrogens is 232 g/mol. The molecule has 1 nitrogen and oxygen atoms in total. The summed E-state index contributed by atoms with van der Waals surface area (Å²) in [6.07, 6.45) is 3.15. The number of Topliss-reactive ketones (excluding diaryl/α,β-unsaturated/α-hetero) is 1. The lowest BCUT2D eigenvalue weighted by Gasteiger charge is -2.49. The first-order valence-electron chi connectivity index (χ1n) is 7.29. The first-order valence-corrected chi connectivity index (χ1v) is 7.29. The molecule has 0 spiro atoms. The molecule has 4 atom stereocenters. The van der Waals surface area contributed by atoms with Crippen molar-refractivity contribution in [3.63, 3.8) is 0 Å². The molecule has 1 aromatic rings. The zero-order valence-electron chi connectivity index (χ0n) is 12.2. The van der Waals surface area contributed by atoms with Gasteiger partial charge in [-0.1, -0.05) is 52.0 Å². The van der Waals surface area contributed by atoms with Gasteiger partial charge in [0.25, 0.3) is 0 Å². The Morgan fingerprint density at radius 2 is 1.84 bits per heavy atom. The van der Waals surface area contributed by atoms with Crippen LogP contribution in [0, 0.1) is 23.2 Å². The molecule has 0 radical (unpaired) electrons. The van der Waals surface area contributed by atoms with Crippen LogP contribution in [-0.2, 0) is 11.2 Å². The van der Waals surface area contributed by atoms with Crippen molar-refractivity contribution in [2.75, 3.05) is 0 Å². The number of carbonyl (C=O) groups excluding carboxylic acids is 1. The summed E-state index contributed by atoms with van der Waals surface area (Å²) in [5.74, 6) is 1.52. The fourth-order valence-electron chi connectivity index (χ4n) is 3.90. The number of benzene rings is 1. The summed E-state index contributed by atoms with van der Waals surface area (Å²) >= 11 is 0. The van der Waals surface area contributed by atoms with Crippen LogP contribution in [0.1, 0.15) is 38.8 Å². The summed E-state index contributed by atoms with van der Waals surface area (Å²) in [5, 5.41) is 0. The van der Waals surface area contributed by atoms with Crippen molar-refractivity contribution in [3.05, 3.63) is 41.0 Å². The maximum Gasteiger partial charge on any atom is 0.162 e. The summed E-state index contributed by atoms with van der Waals surface area (Å²) < 4.78 is 0. The van der Waals surface area contributed by atoms with Crippen LogP contribution in [0.15, 0.2) is 29.8 Å². The van der Waals surface area contributed by atoms with Gasteiger partial charge in [0.15, 0.2) is 5.78 Å². The summed E-state index contributed by atoms with van der Waals surface area (Å²) in [7, 11) is 0. The Hall–Kier alpha value is -1.37. The van der Waals surface area contributed by atoms with E-state index >= 15 is 0 Å². The predicted octanol–water partition coefficient (Wildman–Crippen LogP) is 4.12. The summed E-state index contributed by atoms with van der Waals surface area (Å²) in [4.78, 5) is 12.7. The van der Waals surface area contributed by atoms with Crippen LogP contribution in [0.25, 0.3) is 6.08 Å². The van der Waals surface area contributed by atoms with Crippen molar-refractivity contribution < 1.29 is 4.79 Å². The standard InChI is InChI=1S/C18H22O/c1-11-12(2)17(19)16-9-14-7-5-6-8-15(14)10-18(16,4)13(11)3/h5-9,11-13H,10H2,1-4H3. The fraction of sp³-hybridized carbons (Fsp3) is 0.500. The highest BCUT2D eigenvalue weighted by molar-refractivity contribution is 6.04. The minimum atomic E-state index is 0.0113. The summed E-state index contributed by atoms with van der Waals surface area (Å²) in [6.45, 7) is 8.91. The molecule has 2 aliphatic rings. The van der Waals surface area contributed by atoms with Crippen LogP contribution >= 0.6 is 0 Å². The molecule has 0 N–H and O–H groups in total. The lowest BCUT2D eigenvalue weighted by atomic mass is 9.54. The molecular formula is C18H22O. The maximum absolute atomic E-state index is 12.7. The molecule has 2 aliphatic carbocycles. The molecule has 0 saturated heterocycles. The van der Waals surface area contributed by atoms with E-state index in [9.17, 15) is 4.79 Å². The van der Waals surface area contributed by atoms with E-state index in [4.69, 9.17) is 0 Å². The quantitative estimate of drug-likeness (QED) is 0.680. The van der Waals surface area contributed by atoms with Crippen LogP contribution in [-0.4, -0.2) is 5.78 Å². The Kier molecular flexibility index (Phi) is 2.70. The highest BCUT2D eigenvalue weighted by atomic mass is 16.1. The van der Waals surface area contributed by atoms with Gasteiger partial charge in [-0.05, 0) is 35.5 Å². The van der Waals surface area contributed by atoms with E-state index in [1.165, 1.54) is 11.1 Å². The second-order valence-electron chi connectivity index (χ2n) is 6.65. The third-order valence-electron chi connectivity index (χ3n) is 5.79. The predicted molar refractivity (Wildman–Crippen MR) is 78.7 cm³/mol. The van der Waals surface area contributed by atoms with Crippen molar-refractivity contribution in [1.29, 1.82) is 0 Å². The van der Waals surface area contributed by atoms with E-state index < -0.39 is 0 Å². The Bertz CT molecular complexity index is 569. The van der Waals surface area contributed by atoms with Crippen LogP contribution in [0.4, 0.5) is 0 Å². The molecule has 100 valence electrons. The Labute approximate surface area is 115 Å². The fourth-order valence-corrected chi connectivity index (χ4v) is 3.90. The number of fused-ring (bicyclic) bond motifs is 2. The normalized spacial score (nSPS) is 37.4. The van der Waals surface area contributed by atoms with Crippen molar-refractivity contribution in [2.45, 2.75) is 34.1 Å². The summed E-state index contributed by atoms with van der Waals surface area (Å²) in [5.41, 5.74) is 3.69. The third kappa shape index (κ3) is 1.64. The highest BCUT2D eigenvalue weighted by Crippen LogP contribution is 2.52. The van der Waals surface area contributed by atoms with E-state index in [-0.39, 0.29) is 11.3 Å². The zero-order chi connectivity index (χ0) is 13.8. The van der Waals surface area contributed by atoms with Crippen molar-refractivity contribution in [1.82, 2.24) is 0 Å². The lowest BCUT2D eigenvalue weighted by molar-refractivity contribution is -0.125. The Balaban J connectivity index is 2.18. The van der Waals surface area contributed by atoms with E-state index in [1.807, 2.05) is 0 Å². The molecule has 1 fully saturated rings. The number of hydrogen-bond acceptors (Lipinski definition) is 1. The molecule has 4 unspecified atom stereocenters. The number of ketones is 1. The van der Waals surface area contributed by atoms with Crippen LogP contribution in [0.2, 0.25) is 0 Å². The Morgan fingerprint density at radius 1 is 1.16 bits per heavy atom. The smallest absolute Gasteiger partial charge is 0.162 e. The summed E-state index contributed by atoms with van der Waals surface area (Å²) in [6, 6.07) is 8.49. The minimum absolute atomic E-state index is 0.0113. The lowest BCUT2D eigenvalue weighted by Crippen LogP contribution is -2.47. The van der Waals surface area contributed by atoms with E-state index in [2.05, 4.69) is 58.0 Å². The molecule has 0 amide bonds. The van der Waals surface area contributed by atoms with Gasteiger partial charge in [0.2, 0.25) is 0 Å². The van der Waals surface area contributed by atoms with Crippen molar-refractivity contribution in [3.8, 4) is 0 Å². The van der Waals surface area contributed by atoms with Gasteiger partial charge in [0, 0.05) is 16.9 Å². The highest BCUT2D eigenvalue weighted by Gasteiger charge is 2.49. The SMILES string of the molecule is CC1C(=O)C2=Cc3ccccc3CC2(C)C(C)C1C. The van der Waals surface area contributed by atoms with Gasteiger partial charge in [-0.25, -0.2) is 0 Å². The Morgan fingerprint density at radius 3 is 2.58 bits per heavy atom. The number of hydrogen-bond donors (Lipinski definition) is 0. The molecule has 19 heavy (non-hydrogen) atoms. The molecule has 1 saturated carbocycles. The largest absolute Gasteiger partial charge is 0.294 e. The maximum atomic E-state index is 12.7. The second kappa shape index (κ2) is 4.06. The molecule has 3 rings (SSSR count). The molecule has 0 aliphatic heterocycles. The van der Waals surface area contributed by atoms with Crippen LogP contribution in [0.3, 0.4) is 0 Å².